The molecule has 0 spiro atoms. The molecule has 19 heavy (non-hydrogen) atoms. The third-order valence-electron chi connectivity index (χ3n) is 3.17. The Morgan fingerprint density at radius 3 is 2.95 bits per heavy atom. The highest BCUT2D eigenvalue weighted by Crippen LogP contribution is 2.33. The SMILES string of the molecule is NC(=O)O[C@H]1C[C@@H](CO)N(c2cc(Br)ccc2N)C1. The molecule has 7 heteroatoms. The molecule has 5 N–H and O–H groups in total. The van der Waals surface area contributed by atoms with Crippen LogP contribution < -0.4 is 16.4 Å². The summed E-state index contributed by atoms with van der Waals surface area (Å²) >= 11 is 3.39. The molecule has 1 fully saturated rings. The number of nitrogens with zero attached hydrogens (tertiary/aromatic N) is 1. The number of halogens is 1. The number of nitrogens with two attached hydrogens (primary N) is 2. The predicted octanol–water partition coefficient (Wildman–Crippen LogP) is 1.07. The lowest BCUT2D eigenvalue weighted by Crippen LogP contribution is -2.33. The Kier molecular flexibility index (Phi) is 4.16. The zero-order chi connectivity index (χ0) is 14.0. The van der Waals surface area contributed by atoms with Crippen LogP contribution in [0.15, 0.2) is 22.7 Å². The van der Waals surface area contributed by atoms with Gasteiger partial charge in [-0.25, -0.2) is 4.79 Å². The number of ether oxygens (including phenoxy) is 1. The Bertz CT molecular complexity index is 483. The number of aliphatic hydroxyl groups is 1. The summed E-state index contributed by atoms with van der Waals surface area (Å²) in [4.78, 5) is 12.7. The van der Waals surface area contributed by atoms with Gasteiger partial charge in [-0.2, -0.15) is 0 Å². The van der Waals surface area contributed by atoms with E-state index in [0.29, 0.717) is 18.7 Å². The third-order valence-corrected chi connectivity index (χ3v) is 3.66. The highest BCUT2D eigenvalue weighted by Gasteiger charge is 2.34. The van der Waals surface area contributed by atoms with Gasteiger partial charge >= 0.3 is 6.09 Å². The standard InChI is InChI=1S/C12H16BrN3O3/c13-7-1-2-10(14)11(3-7)16-5-9(19-12(15)18)4-8(16)6-17/h1-3,8-9,17H,4-6,14H2,(H2,15,18)/t8-,9-/m0/s1. The van der Waals surface area contributed by atoms with E-state index in [1.165, 1.54) is 0 Å². The molecule has 1 saturated heterocycles. The zero-order valence-corrected chi connectivity index (χ0v) is 11.8. The second-order valence-corrected chi connectivity index (χ2v) is 5.40. The molecule has 6 nitrogen and oxygen atoms in total. The van der Waals surface area contributed by atoms with Crippen LogP contribution in [0.1, 0.15) is 6.42 Å². The normalized spacial score (nSPS) is 22.5. The number of aliphatic hydroxyl groups excluding tert-OH is 1. The van der Waals surface area contributed by atoms with Gasteiger partial charge in [-0.3, -0.25) is 0 Å². The lowest BCUT2D eigenvalue weighted by atomic mass is 10.2. The lowest BCUT2D eigenvalue weighted by Gasteiger charge is -2.26. The highest BCUT2D eigenvalue weighted by molar-refractivity contribution is 9.10. The van der Waals surface area contributed by atoms with Gasteiger partial charge in [0.05, 0.1) is 30.6 Å². The Morgan fingerprint density at radius 2 is 2.32 bits per heavy atom. The van der Waals surface area contributed by atoms with Crippen LogP contribution in [0.25, 0.3) is 0 Å². The molecule has 0 bridgehead atoms. The van der Waals surface area contributed by atoms with Crippen molar-refractivity contribution in [2.45, 2.75) is 18.6 Å². The Morgan fingerprint density at radius 1 is 1.58 bits per heavy atom. The van der Waals surface area contributed by atoms with E-state index >= 15 is 0 Å². The molecule has 2 rings (SSSR count). The molecular formula is C12H16BrN3O3. The summed E-state index contributed by atoms with van der Waals surface area (Å²) in [6, 6.07) is 5.38. The van der Waals surface area contributed by atoms with Gasteiger partial charge in [0, 0.05) is 10.9 Å². The van der Waals surface area contributed by atoms with Crippen LogP contribution in [0.5, 0.6) is 0 Å². The molecule has 1 aliphatic heterocycles. The summed E-state index contributed by atoms with van der Waals surface area (Å²) in [5.41, 5.74) is 12.4. The van der Waals surface area contributed by atoms with Crippen molar-refractivity contribution in [2.24, 2.45) is 5.73 Å². The first-order valence-corrected chi connectivity index (χ1v) is 6.69. The van der Waals surface area contributed by atoms with Crippen LogP contribution in [0.2, 0.25) is 0 Å². The van der Waals surface area contributed by atoms with Crippen molar-refractivity contribution in [1.29, 1.82) is 0 Å². The van der Waals surface area contributed by atoms with Gasteiger partial charge < -0.3 is 26.2 Å². The van der Waals surface area contributed by atoms with Crippen molar-refractivity contribution < 1.29 is 14.6 Å². The fraction of sp³-hybridized carbons (Fsp3) is 0.417. The maximum atomic E-state index is 10.8. The van der Waals surface area contributed by atoms with Crippen LogP contribution in [0, 0.1) is 0 Å². The summed E-state index contributed by atoms with van der Waals surface area (Å²) in [5.74, 6) is 0. The van der Waals surface area contributed by atoms with E-state index in [9.17, 15) is 9.90 Å². The van der Waals surface area contributed by atoms with Crippen molar-refractivity contribution in [3.63, 3.8) is 0 Å². The molecule has 0 aliphatic carbocycles. The van der Waals surface area contributed by atoms with Gasteiger partial charge in [0.2, 0.25) is 0 Å². The number of rotatable bonds is 3. The summed E-state index contributed by atoms with van der Waals surface area (Å²) in [5, 5.41) is 9.44. The second kappa shape index (κ2) is 5.66. The largest absolute Gasteiger partial charge is 0.444 e. The number of amides is 1. The van der Waals surface area contributed by atoms with Crippen molar-refractivity contribution in [3.8, 4) is 0 Å². The molecule has 1 aromatic rings. The molecule has 1 aliphatic rings. The summed E-state index contributed by atoms with van der Waals surface area (Å²) in [6.45, 7) is 0.430. The molecule has 1 aromatic carbocycles. The van der Waals surface area contributed by atoms with Crippen LogP contribution in [-0.2, 0) is 4.74 Å². The number of carbonyl (C=O) groups is 1. The number of anilines is 2. The molecule has 0 aromatic heterocycles. The summed E-state index contributed by atoms with van der Waals surface area (Å²) in [6.07, 6.45) is -0.593. The number of benzene rings is 1. The van der Waals surface area contributed by atoms with Crippen molar-refractivity contribution >= 4 is 33.4 Å². The number of carbonyl (C=O) groups excluding carboxylic acids is 1. The first-order chi connectivity index (χ1) is 9.01. The van der Waals surface area contributed by atoms with Gasteiger partial charge in [0.1, 0.15) is 6.10 Å². The molecule has 1 amide bonds. The minimum absolute atomic E-state index is 0.0371. The lowest BCUT2D eigenvalue weighted by molar-refractivity contribution is 0.114. The Balaban J connectivity index is 2.22. The number of nitrogen functional groups attached to an aromatic ring is 1. The molecule has 0 radical (unpaired) electrons. The maximum Gasteiger partial charge on any atom is 0.404 e. The van der Waals surface area contributed by atoms with Crippen molar-refractivity contribution in [1.82, 2.24) is 0 Å². The minimum atomic E-state index is -0.800. The van der Waals surface area contributed by atoms with Crippen LogP contribution >= 0.6 is 15.9 Å². The predicted molar refractivity (Wildman–Crippen MR) is 75.8 cm³/mol. The number of hydrogen-bond acceptors (Lipinski definition) is 5. The summed E-state index contributed by atoms with van der Waals surface area (Å²) < 4.78 is 5.89. The minimum Gasteiger partial charge on any atom is -0.444 e. The van der Waals surface area contributed by atoms with E-state index in [0.717, 1.165) is 10.2 Å². The van der Waals surface area contributed by atoms with Gasteiger partial charge in [0.25, 0.3) is 0 Å². The molecule has 0 saturated carbocycles. The average Bonchev–Trinajstić information content (AvgIpc) is 2.74. The Hall–Kier alpha value is -1.47. The fourth-order valence-corrected chi connectivity index (χ4v) is 2.71. The van der Waals surface area contributed by atoms with E-state index in [2.05, 4.69) is 15.9 Å². The summed E-state index contributed by atoms with van der Waals surface area (Å²) in [7, 11) is 0. The topological polar surface area (TPSA) is 102 Å². The van der Waals surface area contributed by atoms with E-state index in [1.807, 2.05) is 17.0 Å². The van der Waals surface area contributed by atoms with E-state index in [4.69, 9.17) is 16.2 Å². The van der Waals surface area contributed by atoms with Crippen LogP contribution in [0.3, 0.4) is 0 Å². The van der Waals surface area contributed by atoms with Gasteiger partial charge in [-0.05, 0) is 18.2 Å². The zero-order valence-electron chi connectivity index (χ0n) is 10.3. The second-order valence-electron chi connectivity index (χ2n) is 4.49. The van der Waals surface area contributed by atoms with Gasteiger partial charge in [-0.15, -0.1) is 0 Å². The number of hydrogen-bond donors (Lipinski definition) is 3. The quantitative estimate of drug-likeness (QED) is 0.720. The highest BCUT2D eigenvalue weighted by atomic mass is 79.9. The average molecular weight is 330 g/mol. The molecular weight excluding hydrogens is 314 g/mol. The number of primary amides is 1. The molecule has 104 valence electrons. The van der Waals surface area contributed by atoms with Crippen molar-refractivity contribution in [3.05, 3.63) is 22.7 Å². The monoisotopic (exact) mass is 329 g/mol. The van der Waals surface area contributed by atoms with Gasteiger partial charge in [0.15, 0.2) is 0 Å². The first-order valence-electron chi connectivity index (χ1n) is 5.90. The van der Waals surface area contributed by atoms with Gasteiger partial charge in [-0.1, -0.05) is 15.9 Å². The fourth-order valence-electron chi connectivity index (χ4n) is 2.36. The molecule has 2 atom stereocenters. The molecule has 1 heterocycles. The first kappa shape index (κ1) is 14.0. The van der Waals surface area contributed by atoms with Crippen LogP contribution in [0.4, 0.5) is 16.2 Å². The van der Waals surface area contributed by atoms with E-state index in [-0.39, 0.29) is 18.8 Å². The van der Waals surface area contributed by atoms with E-state index in [1.54, 1.807) is 6.07 Å². The maximum absolute atomic E-state index is 10.8. The molecule has 0 unspecified atom stereocenters. The van der Waals surface area contributed by atoms with Crippen LogP contribution in [-0.4, -0.2) is 36.5 Å². The Labute approximate surface area is 119 Å². The van der Waals surface area contributed by atoms with E-state index < -0.39 is 6.09 Å². The van der Waals surface area contributed by atoms with Crippen molar-refractivity contribution in [2.75, 3.05) is 23.8 Å². The smallest absolute Gasteiger partial charge is 0.404 e. The third kappa shape index (κ3) is 3.10.